The molecule has 0 amide bonds. The number of hydrogen-bond acceptors (Lipinski definition) is 3. The van der Waals surface area contributed by atoms with E-state index in [0.29, 0.717) is 12.1 Å². The van der Waals surface area contributed by atoms with Crippen molar-refractivity contribution in [2.75, 3.05) is 5.32 Å². The van der Waals surface area contributed by atoms with Crippen molar-refractivity contribution in [3.63, 3.8) is 0 Å². The van der Waals surface area contributed by atoms with Gasteiger partial charge in [-0.25, -0.2) is 0 Å². The van der Waals surface area contributed by atoms with Gasteiger partial charge in [-0.15, -0.1) is 0 Å². The Bertz CT molecular complexity index is 220. The number of aromatic nitrogens is 1. The molecule has 0 bridgehead atoms. The lowest BCUT2D eigenvalue weighted by atomic mass is 10.3. The monoisotopic (exact) mass is 154 g/mol. The number of rotatable bonds is 3. The van der Waals surface area contributed by atoms with Crippen molar-refractivity contribution in [1.29, 1.82) is 0 Å². The molecular weight excluding hydrogens is 140 g/mol. The minimum Gasteiger partial charge on any atom is -0.432 e. The van der Waals surface area contributed by atoms with Crippen molar-refractivity contribution >= 4 is 6.01 Å². The number of anilines is 1. The first kappa shape index (κ1) is 8.11. The van der Waals surface area contributed by atoms with Gasteiger partial charge in [-0.1, -0.05) is 6.92 Å². The van der Waals surface area contributed by atoms with E-state index in [-0.39, 0.29) is 0 Å². The minimum atomic E-state index is 0.424. The third-order valence-electron chi connectivity index (χ3n) is 1.60. The van der Waals surface area contributed by atoms with Crippen LogP contribution in [0, 0.1) is 6.92 Å². The highest BCUT2D eigenvalue weighted by Gasteiger charge is 2.02. The van der Waals surface area contributed by atoms with E-state index in [0.717, 1.165) is 12.1 Å². The van der Waals surface area contributed by atoms with E-state index in [1.807, 2.05) is 6.92 Å². The Morgan fingerprint density at radius 2 is 2.45 bits per heavy atom. The number of nitrogens with one attached hydrogen (secondary N) is 1. The fourth-order valence-electron chi connectivity index (χ4n) is 0.733. The van der Waals surface area contributed by atoms with Crippen LogP contribution in [-0.4, -0.2) is 11.0 Å². The van der Waals surface area contributed by atoms with E-state index < -0.39 is 0 Å². The molecule has 0 aliphatic heterocycles. The summed E-state index contributed by atoms with van der Waals surface area (Å²) in [6.07, 6.45) is 2.71. The van der Waals surface area contributed by atoms with Gasteiger partial charge in [0.15, 0.2) is 0 Å². The summed E-state index contributed by atoms with van der Waals surface area (Å²) in [6, 6.07) is 1.05. The number of oxazole rings is 1. The molecule has 0 fully saturated rings. The van der Waals surface area contributed by atoms with Crippen LogP contribution in [0.3, 0.4) is 0 Å². The molecule has 11 heavy (non-hydrogen) atoms. The van der Waals surface area contributed by atoms with Crippen LogP contribution in [0.5, 0.6) is 0 Å². The van der Waals surface area contributed by atoms with Crippen LogP contribution in [0.15, 0.2) is 10.7 Å². The smallest absolute Gasteiger partial charge is 0.294 e. The van der Waals surface area contributed by atoms with E-state index in [1.165, 1.54) is 0 Å². The summed E-state index contributed by atoms with van der Waals surface area (Å²) in [6.45, 7) is 6.12. The molecule has 0 aliphatic rings. The summed E-state index contributed by atoms with van der Waals surface area (Å²) in [7, 11) is 0. The molecule has 62 valence electrons. The molecule has 0 spiro atoms. The Morgan fingerprint density at radius 1 is 1.73 bits per heavy atom. The second kappa shape index (κ2) is 3.42. The first-order valence-corrected chi connectivity index (χ1v) is 3.91. The van der Waals surface area contributed by atoms with E-state index in [2.05, 4.69) is 24.1 Å². The molecule has 1 rings (SSSR count). The molecule has 1 aromatic rings. The van der Waals surface area contributed by atoms with Crippen LogP contribution in [0.2, 0.25) is 0 Å². The molecule has 3 nitrogen and oxygen atoms in total. The second-order valence-corrected chi connectivity index (χ2v) is 2.75. The standard InChI is InChI=1S/C8H14N2O/c1-4-6(2)9-8-10-7(3)5-11-8/h5-6H,4H2,1-3H3,(H,9,10). The van der Waals surface area contributed by atoms with Crippen molar-refractivity contribution in [3.05, 3.63) is 12.0 Å². The summed E-state index contributed by atoms with van der Waals surface area (Å²) in [5.74, 6) is 0. The Hall–Kier alpha value is -0.990. The maximum Gasteiger partial charge on any atom is 0.294 e. The van der Waals surface area contributed by atoms with Crippen LogP contribution in [0.1, 0.15) is 26.0 Å². The van der Waals surface area contributed by atoms with E-state index >= 15 is 0 Å². The first-order chi connectivity index (χ1) is 5.22. The van der Waals surface area contributed by atoms with Crippen molar-refractivity contribution in [3.8, 4) is 0 Å². The molecule has 1 N–H and O–H groups in total. The summed E-state index contributed by atoms with van der Waals surface area (Å²) >= 11 is 0. The van der Waals surface area contributed by atoms with Crippen LogP contribution < -0.4 is 5.32 Å². The molecule has 1 atom stereocenters. The Balaban J connectivity index is 2.50. The average Bonchev–Trinajstić information content (AvgIpc) is 2.35. The van der Waals surface area contributed by atoms with Gasteiger partial charge in [-0.05, 0) is 20.3 Å². The molecule has 0 saturated carbocycles. The topological polar surface area (TPSA) is 38.1 Å². The zero-order valence-electron chi connectivity index (χ0n) is 7.22. The zero-order valence-corrected chi connectivity index (χ0v) is 7.22. The lowest BCUT2D eigenvalue weighted by Gasteiger charge is -2.07. The van der Waals surface area contributed by atoms with E-state index in [1.54, 1.807) is 6.26 Å². The quantitative estimate of drug-likeness (QED) is 0.725. The molecule has 3 heteroatoms. The molecule has 0 radical (unpaired) electrons. The van der Waals surface area contributed by atoms with Gasteiger partial charge in [0, 0.05) is 6.04 Å². The van der Waals surface area contributed by atoms with Crippen molar-refractivity contribution in [1.82, 2.24) is 4.98 Å². The maximum atomic E-state index is 5.11. The first-order valence-electron chi connectivity index (χ1n) is 3.91. The predicted molar refractivity (Wildman–Crippen MR) is 44.6 cm³/mol. The van der Waals surface area contributed by atoms with Crippen molar-refractivity contribution in [2.45, 2.75) is 33.2 Å². The number of aryl methyl sites for hydroxylation is 1. The van der Waals surface area contributed by atoms with Crippen molar-refractivity contribution < 1.29 is 4.42 Å². The fraction of sp³-hybridized carbons (Fsp3) is 0.625. The van der Waals surface area contributed by atoms with Gasteiger partial charge in [-0.2, -0.15) is 4.98 Å². The van der Waals surface area contributed by atoms with Gasteiger partial charge in [0.2, 0.25) is 0 Å². The Morgan fingerprint density at radius 3 is 2.91 bits per heavy atom. The minimum absolute atomic E-state index is 0.424. The molecule has 1 aromatic heterocycles. The SMILES string of the molecule is CCC(C)Nc1nc(C)co1. The van der Waals surface area contributed by atoms with Gasteiger partial charge in [0.1, 0.15) is 6.26 Å². The van der Waals surface area contributed by atoms with Gasteiger partial charge in [0.25, 0.3) is 6.01 Å². The largest absolute Gasteiger partial charge is 0.432 e. The number of nitrogens with zero attached hydrogens (tertiary/aromatic N) is 1. The van der Waals surface area contributed by atoms with Crippen LogP contribution in [0.25, 0.3) is 0 Å². The molecule has 1 heterocycles. The summed E-state index contributed by atoms with van der Waals surface area (Å²) in [4.78, 5) is 4.12. The lowest BCUT2D eigenvalue weighted by molar-refractivity contribution is 0.558. The highest BCUT2D eigenvalue weighted by Crippen LogP contribution is 2.08. The second-order valence-electron chi connectivity index (χ2n) is 2.75. The zero-order chi connectivity index (χ0) is 8.27. The van der Waals surface area contributed by atoms with Crippen LogP contribution in [-0.2, 0) is 0 Å². The number of hydrogen-bond donors (Lipinski definition) is 1. The molecule has 0 saturated heterocycles. The molecule has 0 aromatic carbocycles. The van der Waals surface area contributed by atoms with E-state index in [9.17, 15) is 0 Å². The third kappa shape index (κ3) is 2.26. The van der Waals surface area contributed by atoms with E-state index in [4.69, 9.17) is 4.42 Å². The fourth-order valence-corrected chi connectivity index (χ4v) is 0.733. The lowest BCUT2D eigenvalue weighted by Crippen LogP contribution is -2.13. The summed E-state index contributed by atoms with van der Waals surface area (Å²) < 4.78 is 5.11. The third-order valence-corrected chi connectivity index (χ3v) is 1.60. The molecule has 1 unspecified atom stereocenters. The normalized spacial score (nSPS) is 13.0. The van der Waals surface area contributed by atoms with Gasteiger partial charge in [-0.3, -0.25) is 0 Å². The van der Waals surface area contributed by atoms with Gasteiger partial charge < -0.3 is 9.73 Å². The highest BCUT2D eigenvalue weighted by atomic mass is 16.4. The Kier molecular flexibility index (Phi) is 2.52. The molecule has 0 aliphatic carbocycles. The predicted octanol–water partition coefficient (Wildman–Crippen LogP) is 2.19. The average molecular weight is 154 g/mol. The summed E-state index contributed by atoms with van der Waals surface area (Å²) in [5.41, 5.74) is 0.913. The summed E-state index contributed by atoms with van der Waals surface area (Å²) in [5, 5.41) is 3.13. The van der Waals surface area contributed by atoms with Crippen LogP contribution >= 0.6 is 0 Å². The maximum absolute atomic E-state index is 5.11. The van der Waals surface area contributed by atoms with Crippen molar-refractivity contribution in [2.24, 2.45) is 0 Å². The van der Waals surface area contributed by atoms with Gasteiger partial charge in [0.05, 0.1) is 5.69 Å². The highest BCUT2D eigenvalue weighted by molar-refractivity contribution is 5.21. The molecular formula is C8H14N2O. The van der Waals surface area contributed by atoms with Crippen LogP contribution in [0.4, 0.5) is 6.01 Å². The Labute approximate surface area is 66.8 Å². The van der Waals surface area contributed by atoms with Gasteiger partial charge >= 0.3 is 0 Å².